The van der Waals surface area contributed by atoms with Gasteiger partial charge in [0.2, 0.25) is 0 Å². The van der Waals surface area contributed by atoms with Crippen molar-refractivity contribution in [3.8, 4) is 0 Å². The van der Waals surface area contributed by atoms with Gasteiger partial charge in [0.05, 0.1) is 0 Å². The van der Waals surface area contributed by atoms with Gasteiger partial charge in [-0.1, -0.05) is 26.0 Å². The minimum Gasteiger partial charge on any atom is -0.332 e. The van der Waals surface area contributed by atoms with E-state index in [4.69, 9.17) is 12.2 Å². The molecule has 2 rings (SSSR count). The van der Waals surface area contributed by atoms with Gasteiger partial charge in [-0.2, -0.15) is 0 Å². The van der Waals surface area contributed by atoms with Gasteiger partial charge in [-0.15, -0.1) is 0 Å². The Balaban J connectivity index is 2.02. The van der Waals surface area contributed by atoms with Gasteiger partial charge < -0.3 is 5.32 Å². The monoisotopic (exact) mass is 438 g/mol. The summed E-state index contributed by atoms with van der Waals surface area (Å²) in [5.41, 5.74) is 3.90. The lowest BCUT2D eigenvalue weighted by molar-refractivity contribution is 0.0977. The van der Waals surface area contributed by atoms with Crippen molar-refractivity contribution in [1.82, 2.24) is 5.32 Å². The van der Waals surface area contributed by atoms with E-state index >= 15 is 0 Å². The number of rotatable bonds is 4. The van der Waals surface area contributed by atoms with E-state index in [9.17, 15) is 4.79 Å². The van der Waals surface area contributed by atoms with E-state index in [1.807, 2.05) is 36.4 Å². The topological polar surface area (TPSA) is 41.1 Å². The zero-order chi connectivity index (χ0) is 16.8. The number of halogens is 1. The molecule has 0 aliphatic heterocycles. The molecule has 23 heavy (non-hydrogen) atoms. The number of anilines is 1. The van der Waals surface area contributed by atoms with E-state index in [0.29, 0.717) is 10.7 Å². The summed E-state index contributed by atoms with van der Waals surface area (Å²) in [6, 6.07) is 13.7. The van der Waals surface area contributed by atoms with Gasteiger partial charge in [-0.25, -0.2) is 0 Å². The molecule has 0 unspecified atom stereocenters. The Labute approximate surface area is 156 Å². The van der Waals surface area contributed by atoms with Gasteiger partial charge in [-0.05, 0) is 89.1 Å². The van der Waals surface area contributed by atoms with Crippen LogP contribution >= 0.6 is 34.8 Å². The molecule has 120 valence electrons. The summed E-state index contributed by atoms with van der Waals surface area (Å²) < 4.78 is 1.18. The molecule has 0 atom stereocenters. The summed E-state index contributed by atoms with van der Waals surface area (Å²) in [4.78, 5) is 12.2. The zero-order valence-electron chi connectivity index (χ0n) is 13.2. The first-order valence-electron chi connectivity index (χ1n) is 7.53. The Hall–Kier alpha value is -1.47. The van der Waals surface area contributed by atoms with E-state index in [2.05, 4.69) is 53.1 Å². The highest BCUT2D eigenvalue weighted by Gasteiger charge is 2.09. The third kappa shape index (κ3) is 5.00. The maximum atomic E-state index is 12.2. The predicted molar refractivity (Wildman–Crippen MR) is 108 cm³/mol. The molecule has 2 aromatic rings. The van der Waals surface area contributed by atoms with Crippen molar-refractivity contribution < 1.29 is 4.79 Å². The quantitative estimate of drug-likeness (QED) is 0.544. The number of benzene rings is 2. The summed E-state index contributed by atoms with van der Waals surface area (Å²) in [7, 11) is 0. The van der Waals surface area contributed by atoms with Gasteiger partial charge in [0, 0.05) is 14.8 Å². The van der Waals surface area contributed by atoms with Gasteiger partial charge in [0.25, 0.3) is 5.91 Å². The van der Waals surface area contributed by atoms with Crippen molar-refractivity contribution in [2.45, 2.75) is 26.7 Å². The molecule has 3 nitrogen and oxygen atoms in total. The molecule has 2 aromatic carbocycles. The molecule has 0 fully saturated rings. The SMILES string of the molecule is CCc1ccc(C(=O)NC(=S)Nc2ccc(I)cc2CC)cc1. The highest BCUT2D eigenvalue weighted by atomic mass is 127. The maximum absolute atomic E-state index is 12.2. The number of hydrogen-bond donors (Lipinski definition) is 2. The maximum Gasteiger partial charge on any atom is 0.257 e. The lowest BCUT2D eigenvalue weighted by atomic mass is 10.1. The largest absolute Gasteiger partial charge is 0.332 e. The molecule has 0 saturated carbocycles. The fraction of sp³-hybridized carbons (Fsp3) is 0.222. The van der Waals surface area contributed by atoms with E-state index < -0.39 is 0 Å². The number of carbonyl (C=O) groups is 1. The summed E-state index contributed by atoms with van der Waals surface area (Å²) >= 11 is 7.54. The molecule has 5 heteroatoms. The molecule has 0 heterocycles. The first kappa shape index (κ1) is 17.9. The molecule has 0 aliphatic carbocycles. The number of amides is 1. The van der Waals surface area contributed by atoms with Crippen LogP contribution in [0.2, 0.25) is 0 Å². The number of carbonyl (C=O) groups excluding carboxylic acids is 1. The van der Waals surface area contributed by atoms with Crippen LogP contribution in [0.4, 0.5) is 5.69 Å². The second-order valence-corrected chi connectivity index (χ2v) is 6.77. The highest BCUT2D eigenvalue weighted by molar-refractivity contribution is 14.1. The minimum atomic E-state index is -0.200. The molecular formula is C18H19IN2OS. The second-order valence-electron chi connectivity index (χ2n) is 5.11. The van der Waals surface area contributed by atoms with Crippen LogP contribution in [0.5, 0.6) is 0 Å². The van der Waals surface area contributed by atoms with Crippen LogP contribution in [0.25, 0.3) is 0 Å². The second kappa shape index (κ2) is 8.40. The Morgan fingerprint density at radius 2 is 1.78 bits per heavy atom. The molecule has 1 amide bonds. The van der Waals surface area contributed by atoms with Crippen LogP contribution in [-0.2, 0) is 12.8 Å². The van der Waals surface area contributed by atoms with Crippen LogP contribution in [0.1, 0.15) is 35.3 Å². The molecular weight excluding hydrogens is 419 g/mol. The molecule has 0 aliphatic rings. The Kier molecular flexibility index (Phi) is 6.53. The van der Waals surface area contributed by atoms with Crippen molar-refractivity contribution in [1.29, 1.82) is 0 Å². The van der Waals surface area contributed by atoms with Crippen LogP contribution in [0.15, 0.2) is 42.5 Å². The first-order chi connectivity index (χ1) is 11.0. The van der Waals surface area contributed by atoms with Crippen molar-refractivity contribution in [2.24, 2.45) is 0 Å². The predicted octanol–water partition coefficient (Wildman–Crippen LogP) is 4.54. The molecule has 0 bridgehead atoms. The minimum absolute atomic E-state index is 0.200. The standard InChI is InChI=1S/C18H19IN2OS/c1-3-12-5-7-14(8-6-12)17(22)21-18(23)20-16-10-9-15(19)11-13(16)4-2/h5-11H,3-4H2,1-2H3,(H2,20,21,22,23). The van der Waals surface area contributed by atoms with E-state index in [1.165, 1.54) is 14.7 Å². The smallest absolute Gasteiger partial charge is 0.257 e. The Morgan fingerprint density at radius 3 is 2.39 bits per heavy atom. The van der Waals surface area contributed by atoms with Crippen molar-refractivity contribution >= 4 is 51.5 Å². The van der Waals surface area contributed by atoms with Gasteiger partial charge in [0.1, 0.15) is 0 Å². The van der Waals surface area contributed by atoms with Crippen molar-refractivity contribution in [2.75, 3.05) is 5.32 Å². The van der Waals surface area contributed by atoms with Gasteiger partial charge in [-0.3, -0.25) is 10.1 Å². The number of hydrogen-bond acceptors (Lipinski definition) is 2. The molecule has 0 spiro atoms. The van der Waals surface area contributed by atoms with Gasteiger partial charge in [0.15, 0.2) is 5.11 Å². The molecule has 0 saturated heterocycles. The summed E-state index contributed by atoms with van der Waals surface area (Å²) in [5.74, 6) is -0.200. The lowest BCUT2D eigenvalue weighted by Gasteiger charge is -2.13. The average Bonchev–Trinajstić information content (AvgIpc) is 2.56. The summed E-state index contributed by atoms with van der Waals surface area (Å²) in [5, 5.41) is 6.15. The summed E-state index contributed by atoms with van der Waals surface area (Å²) in [6.07, 6.45) is 1.85. The summed E-state index contributed by atoms with van der Waals surface area (Å²) in [6.45, 7) is 4.17. The Bertz CT molecular complexity index is 713. The van der Waals surface area contributed by atoms with E-state index in [-0.39, 0.29) is 5.91 Å². The third-order valence-electron chi connectivity index (χ3n) is 3.55. The number of aryl methyl sites for hydroxylation is 2. The van der Waals surface area contributed by atoms with Crippen LogP contribution < -0.4 is 10.6 Å². The Morgan fingerprint density at radius 1 is 1.09 bits per heavy atom. The first-order valence-corrected chi connectivity index (χ1v) is 9.01. The van der Waals surface area contributed by atoms with E-state index in [0.717, 1.165) is 18.5 Å². The fourth-order valence-corrected chi connectivity index (χ4v) is 2.96. The van der Waals surface area contributed by atoms with Crippen LogP contribution in [0.3, 0.4) is 0 Å². The van der Waals surface area contributed by atoms with Crippen LogP contribution in [0, 0.1) is 3.57 Å². The highest BCUT2D eigenvalue weighted by Crippen LogP contribution is 2.19. The molecule has 0 aromatic heterocycles. The third-order valence-corrected chi connectivity index (χ3v) is 4.42. The number of nitrogens with one attached hydrogen (secondary N) is 2. The fourth-order valence-electron chi connectivity index (χ4n) is 2.20. The lowest BCUT2D eigenvalue weighted by Crippen LogP contribution is -2.34. The molecule has 2 N–H and O–H groups in total. The number of thiocarbonyl (C=S) groups is 1. The average molecular weight is 438 g/mol. The zero-order valence-corrected chi connectivity index (χ0v) is 16.1. The van der Waals surface area contributed by atoms with Crippen molar-refractivity contribution in [3.63, 3.8) is 0 Å². The molecule has 0 radical (unpaired) electrons. The van der Waals surface area contributed by atoms with Gasteiger partial charge >= 0.3 is 0 Å². The van der Waals surface area contributed by atoms with E-state index in [1.54, 1.807) is 0 Å². The van der Waals surface area contributed by atoms with Crippen molar-refractivity contribution in [3.05, 3.63) is 62.7 Å². The normalized spacial score (nSPS) is 10.2. The van der Waals surface area contributed by atoms with Crippen LogP contribution in [-0.4, -0.2) is 11.0 Å².